The SMILES string of the molecule is CCN(CC)C(=S)SCN1C(=O)c2ccccc2S1(=O)=O. The summed E-state index contributed by atoms with van der Waals surface area (Å²) < 4.78 is 26.2. The first kappa shape index (κ1) is 16.3. The fraction of sp³-hybridized carbons (Fsp3) is 0.385. The summed E-state index contributed by atoms with van der Waals surface area (Å²) in [6.07, 6.45) is 0. The summed E-state index contributed by atoms with van der Waals surface area (Å²) in [6, 6.07) is 6.25. The molecule has 8 heteroatoms. The number of carbonyl (C=O) groups is 1. The van der Waals surface area contributed by atoms with Crippen LogP contribution in [0.2, 0.25) is 0 Å². The van der Waals surface area contributed by atoms with Gasteiger partial charge in [-0.1, -0.05) is 36.1 Å². The molecule has 2 rings (SSSR count). The summed E-state index contributed by atoms with van der Waals surface area (Å²) in [5, 5.41) is 0. The molecule has 0 atom stereocenters. The van der Waals surface area contributed by atoms with Crippen LogP contribution in [-0.4, -0.2) is 46.8 Å². The number of thiocarbonyl (C=S) groups is 1. The highest BCUT2D eigenvalue weighted by atomic mass is 32.2. The highest BCUT2D eigenvalue weighted by molar-refractivity contribution is 8.23. The van der Waals surface area contributed by atoms with Gasteiger partial charge in [-0.2, -0.15) is 0 Å². The highest BCUT2D eigenvalue weighted by Crippen LogP contribution is 2.31. The molecule has 0 saturated carbocycles. The standard InChI is InChI=1S/C13H16N2O3S3/c1-3-14(4-2)13(19)20-9-15-12(16)10-7-5-6-8-11(10)21(15,17)18/h5-8H,3-4,9H2,1-2H3. The number of amides is 1. The van der Waals surface area contributed by atoms with Gasteiger partial charge < -0.3 is 4.90 Å². The van der Waals surface area contributed by atoms with Crippen molar-refractivity contribution < 1.29 is 13.2 Å². The molecule has 1 aromatic carbocycles. The average molecular weight is 344 g/mol. The second-order valence-corrected chi connectivity index (χ2v) is 7.78. The molecule has 0 fully saturated rings. The van der Waals surface area contributed by atoms with Gasteiger partial charge in [-0.3, -0.25) is 4.79 Å². The normalized spacial score (nSPS) is 15.9. The predicted octanol–water partition coefficient (Wildman–Crippen LogP) is 2.15. The second-order valence-electron chi connectivity index (χ2n) is 4.37. The van der Waals surface area contributed by atoms with Gasteiger partial charge in [0, 0.05) is 13.1 Å². The fourth-order valence-corrected chi connectivity index (χ4v) is 5.20. The van der Waals surface area contributed by atoms with E-state index in [1.165, 1.54) is 23.9 Å². The van der Waals surface area contributed by atoms with E-state index in [0.717, 1.165) is 17.4 Å². The Morgan fingerprint density at radius 2 is 1.90 bits per heavy atom. The van der Waals surface area contributed by atoms with E-state index in [-0.39, 0.29) is 16.3 Å². The third kappa shape index (κ3) is 2.93. The molecular weight excluding hydrogens is 328 g/mol. The van der Waals surface area contributed by atoms with Crippen molar-refractivity contribution in [3.8, 4) is 0 Å². The van der Waals surface area contributed by atoms with Crippen molar-refractivity contribution in [3.63, 3.8) is 0 Å². The minimum atomic E-state index is -3.75. The van der Waals surface area contributed by atoms with Crippen molar-refractivity contribution in [1.29, 1.82) is 0 Å². The van der Waals surface area contributed by atoms with Crippen molar-refractivity contribution in [2.45, 2.75) is 18.7 Å². The first-order chi connectivity index (χ1) is 9.93. The molecule has 1 amide bonds. The minimum absolute atomic E-state index is 0.00514. The molecule has 114 valence electrons. The van der Waals surface area contributed by atoms with E-state index in [0.29, 0.717) is 4.32 Å². The number of nitrogens with zero attached hydrogens (tertiary/aromatic N) is 2. The van der Waals surface area contributed by atoms with E-state index in [4.69, 9.17) is 12.2 Å². The van der Waals surface area contributed by atoms with E-state index < -0.39 is 15.9 Å². The van der Waals surface area contributed by atoms with Crippen molar-refractivity contribution in [2.24, 2.45) is 0 Å². The molecule has 0 unspecified atom stereocenters. The molecule has 1 aliphatic heterocycles. The van der Waals surface area contributed by atoms with Gasteiger partial charge in [0.25, 0.3) is 15.9 Å². The smallest absolute Gasteiger partial charge is 0.269 e. The summed E-state index contributed by atoms with van der Waals surface area (Å²) in [5.74, 6) is -0.481. The molecule has 0 spiro atoms. The van der Waals surface area contributed by atoms with Crippen LogP contribution in [0.5, 0.6) is 0 Å². The van der Waals surface area contributed by atoms with Gasteiger partial charge in [-0.05, 0) is 26.0 Å². The molecule has 5 nitrogen and oxygen atoms in total. The van der Waals surface area contributed by atoms with Gasteiger partial charge in [-0.25, -0.2) is 12.7 Å². The van der Waals surface area contributed by atoms with Crippen molar-refractivity contribution in [3.05, 3.63) is 29.8 Å². The Labute approximate surface area is 134 Å². The molecule has 1 heterocycles. The van der Waals surface area contributed by atoms with E-state index in [1.807, 2.05) is 18.7 Å². The Kier molecular flexibility index (Phi) is 4.90. The maximum atomic E-state index is 12.4. The van der Waals surface area contributed by atoms with Crippen LogP contribution in [-0.2, 0) is 10.0 Å². The van der Waals surface area contributed by atoms with Crippen LogP contribution < -0.4 is 0 Å². The molecule has 0 saturated heterocycles. The number of hydrogen-bond donors (Lipinski definition) is 0. The Balaban J connectivity index is 2.17. The zero-order chi connectivity index (χ0) is 15.6. The van der Waals surface area contributed by atoms with Crippen molar-refractivity contribution >= 4 is 44.2 Å². The molecule has 0 N–H and O–H groups in total. The Hall–Kier alpha value is -1.12. The number of rotatable bonds is 4. The fourth-order valence-electron chi connectivity index (χ4n) is 2.05. The summed E-state index contributed by atoms with van der Waals surface area (Å²) in [4.78, 5) is 14.2. The van der Waals surface area contributed by atoms with E-state index in [2.05, 4.69) is 0 Å². The van der Waals surface area contributed by atoms with E-state index in [9.17, 15) is 13.2 Å². The van der Waals surface area contributed by atoms with Crippen LogP contribution >= 0.6 is 24.0 Å². The first-order valence-corrected chi connectivity index (χ1v) is 9.34. The van der Waals surface area contributed by atoms with E-state index >= 15 is 0 Å². The molecule has 0 aliphatic carbocycles. The lowest BCUT2D eigenvalue weighted by atomic mass is 10.2. The predicted molar refractivity (Wildman–Crippen MR) is 87.8 cm³/mol. The van der Waals surface area contributed by atoms with Crippen LogP contribution in [0, 0.1) is 0 Å². The second kappa shape index (κ2) is 6.33. The van der Waals surface area contributed by atoms with Gasteiger partial charge in [0.2, 0.25) is 0 Å². The largest absolute Gasteiger partial charge is 0.358 e. The third-order valence-electron chi connectivity index (χ3n) is 3.24. The van der Waals surface area contributed by atoms with Gasteiger partial charge in [0.15, 0.2) is 0 Å². The zero-order valence-corrected chi connectivity index (χ0v) is 14.2. The molecule has 0 radical (unpaired) electrons. The minimum Gasteiger partial charge on any atom is -0.358 e. The van der Waals surface area contributed by atoms with E-state index in [1.54, 1.807) is 12.1 Å². The van der Waals surface area contributed by atoms with Crippen molar-refractivity contribution in [2.75, 3.05) is 19.0 Å². The van der Waals surface area contributed by atoms with Gasteiger partial charge in [0.1, 0.15) is 9.22 Å². The van der Waals surface area contributed by atoms with Crippen LogP contribution in [0.4, 0.5) is 0 Å². The topological polar surface area (TPSA) is 57.7 Å². The quantitative estimate of drug-likeness (QED) is 0.780. The number of carbonyl (C=O) groups excluding carboxylic acids is 1. The summed E-state index contributed by atoms with van der Waals surface area (Å²) >= 11 is 6.46. The molecule has 0 bridgehead atoms. The molecule has 21 heavy (non-hydrogen) atoms. The molecule has 1 aliphatic rings. The number of sulfonamides is 1. The van der Waals surface area contributed by atoms with Crippen LogP contribution in [0.3, 0.4) is 0 Å². The number of thioether (sulfide) groups is 1. The van der Waals surface area contributed by atoms with Crippen molar-refractivity contribution in [1.82, 2.24) is 9.21 Å². The molecular formula is C13H16N2O3S3. The zero-order valence-electron chi connectivity index (χ0n) is 11.8. The summed E-state index contributed by atoms with van der Waals surface area (Å²) in [6.45, 7) is 5.46. The number of benzene rings is 1. The Morgan fingerprint density at radius 1 is 1.29 bits per heavy atom. The van der Waals surface area contributed by atoms with Gasteiger partial charge >= 0.3 is 0 Å². The third-order valence-corrected chi connectivity index (χ3v) is 6.69. The van der Waals surface area contributed by atoms with Crippen LogP contribution in [0.1, 0.15) is 24.2 Å². The summed E-state index contributed by atoms with van der Waals surface area (Å²) in [7, 11) is -3.75. The maximum Gasteiger partial charge on any atom is 0.269 e. The maximum absolute atomic E-state index is 12.4. The first-order valence-electron chi connectivity index (χ1n) is 6.51. The highest BCUT2D eigenvalue weighted by Gasteiger charge is 2.40. The van der Waals surface area contributed by atoms with Crippen LogP contribution in [0.15, 0.2) is 29.2 Å². The Morgan fingerprint density at radius 3 is 2.48 bits per heavy atom. The Bertz CT molecular complexity index is 669. The average Bonchev–Trinajstić information content (AvgIpc) is 2.66. The number of hydrogen-bond acceptors (Lipinski definition) is 5. The monoisotopic (exact) mass is 344 g/mol. The molecule has 1 aromatic rings. The van der Waals surface area contributed by atoms with Crippen LogP contribution in [0.25, 0.3) is 0 Å². The summed E-state index contributed by atoms with van der Waals surface area (Å²) in [5.41, 5.74) is 0.229. The lowest BCUT2D eigenvalue weighted by Gasteiger charge is -2.22. The lowest BCUT2D eigenvalue weighted by Crippen LogP contribution is -2.33. The molecule has 0 aromatic heterocycles. The van der Waals surface area contributed by atoms with Gasteiger partial charge in [0.05, 0.1) is 11.4 Å². The number of fused-ring (bicyclic) bond motifs is 1. The van der Waals surface area contributed by atoms with Gasteiger partial charge in [-0.15, -0.1) is 0 Å². The lowest BCUT2D eigenvalue weighted by molar-refractivity contribution is 0.0887.